The minimum atomic E-state index is -0.536. The Morgan fingerprint density at radius 1 is 1.14 bits per heavy atom. The normalized spacial score (nSPS) is 17.0. The van der Waals surface area contributed by atoms with Crippen molar-refractivity contribution in [3.8, 4) is 0 Å². The smallest absolute Gasteiger partial charge is 0.236 e. The van der Waals surface area contributed by atoms with Crippen molar-refractivity contribution in [1.29, 1.82) is 0 Å². The summed E-state index contributed by atoms with van der Waals surface area (Å²) in [5, 5.41) is 2.97. The van der Waals surface area contributed by atoms with Crippen LogP contribution in [0.25, 0.3) is 0 Å². The summed E-state index contributed by atoms with van der Waals surface area (Å²) in [6, 6.07) is 13.7. The van der Waals surface area contributed by atoms with Crippen LogP contribution < -0.4 is 5.32 Å². The fourth-order valence-electron chi connectivity index (χ4n) is 2.90. The third-order valence-electron chi connectivity index (χ3n) is 4.26. The van der Waals surface area contributed by atoms with Crippen LogP contribution in [0.3, 0.4) is 0 Å². The first-order valence-electron chi connectivity index (χ1n) is 7.58. The van der Waals surface area contributed by atoms with E-state index < -0.39 is 5.41 Å². The van der Waals surface area contributed by atoms with Crippen LogP contribution in [0.2, 0.25) is 0 Å². The van der Waals surface area contributed by atoms with Gasteiger partial charge in [-0.15, -0.1) is 0 Å². The Morgan fingerprint density at radius 3 is 2.50 bits per heavy atom. The van der Waals surface area contributed by atoms with Gasteiger partial charge < -0.3 is 10.1 Å². The Kier molecular flexibility index (Phi) is 4.20. The number of hydrogen-bond acceptors (Lipinski definition) is 3. The zero-order valence-electron chi connectivity index (χ0n) is 12.7. The SMILES string of the molecule is Cc1ccc(NC(=O)C2(c3ccccc3)CCOCC2)nc1. The van der Waals surface area contributed by atoms with Crippen LogP contribution in [0.15, 0.2) is 48.7 Å². The number of benzene rings is 1. The van der Waals surface area contributed by atoms with E-state index >= 15 is 0 Å². The molecule has 3 rings (SSSR count). The third kappa shape index (κ3) is 2.88. The second-order valence-corrected chi connectivity index (χ2v) is 5.74. The molecule has 22 heavy (non-hydrogen) atoms. The van der Waals surface area contributed by atoms with Crippen molar-refractivity contribution in [2.45, 2.75) is 25.2 Å². The van der Waals surface area contributed by atoms with Gasteiger partial charge in [-0.2, -0.15) is 0 Å². The second-order valence-electron chi connectivity index (χ2n) is 5.74. The summed E-state index contributed by atoms with van der Waals surface area (Å²) < 4.78 is 5.47. The van der Waals surface area contributed by atoms with Crippen LogP contribution in [0.1, 0.15) is 24.0 Å². The molecular formula is C18H20N2O2. The number of nitrogens with one attached hydrogen (secondary N) is 1. The van der Waals surface area contributed by atoms with Crippen LogP contribution in [0.5, 0.6) is 0 Å². The lowest BCUT2D eigenvalue weighted by molar-refractivity contribution is -0.125. The molecule has 0 radical (unpaired) electrons. The quantitative estimate of drug-likeness (QED) is 0.947. The van der Waals surface area contributed by atoms with E-state index in [0.717, 1.165) is 11.1 Å². The van der Waals surface area contributed by atoms with Gasteiger partial charge >= 0.3 is 0 Å². The molecule has 2 heterocycles. The largest absolute Gasteiger partial charge is 0.381 e. The van der Waals surface area contributed by atoms with E-state index in [1.807, 2.05) is 49.4 Å². The maximum atomic E-state index is 13.0. The number of rotatable bonds is 3. The number of ether oxygens (including phenoxy) is 1. The van der Waals surface area contributed by atoms with Gasteiger partial charge in [-0.1, -0.05) is 36.4 Å². The van der Waals surface area contributed by atoms with Gasteiger partial charge in [0.1, 0.15) is 5.82 Å². The Bertz CT molecular complexity index is 632. The van der Waals surface area contributed by atoms with Gasteiger partial charge in [-0.3, -0.25) is 4.79 Å². The Balaban J connectivity index is 1.89. The van der Waals surface area contributed by atoms with Crippen molar-refractivity contribution < 1.29 is 9.53 Å². The molecule has 0 spiro atoms. The molecule has 1 aliphatic rings. The summed E-state index contributed by atoms with van der Waals surface area (Å²) >= 11 is 0. The first kappa shape index (κ1) is 14.7. The molecule has 0 saturated carbocycles. The van der Waals surface area contributed by atoms with Gasteiger partial charge in [0.25, 0.3) is 0 Å². The highest BCUT2D eigenvalue weighted by atomic mass is 16.5. The maximum Gasteiger partial charge on any atom is 0.236 e. The van der Waals surface area contributed by atoms with E-state index in [9.17, 15) is 4.79 Å². The van der Waals surface area contributed by atoms with Crippen molar-refractivity contribution in [2.24, 2.45) is 0 Å². The van der Waals surface area contributed by atoms with Crippen LogP contribution in [-0.4, -0.2) is 24.1 Å². The second kappa shape index (κ2) is 6.28. The van der Waals surface area contributed by atoms with E-state index in [4.69, 9.17) is 4.74 Å². The lowest BCUT2D eigenvalue weighted by Crippen LogP contribution is -2.45. The van der Waals surface area contributed by atoms with E-state index in [1.54, 1.807) is 6.20 Å². The van der Waals surface area contributed by atoms with Crippen molar-refractivity contribution in [1.82, 2.24) is 4.98 Å². The van der Waals surface area contributed by atoms with Gasteiger partial charge in [0, 0.05) is 19.4 Å². The molecule has 1 aliphatic heterocycles. The molecule has 1 fully saturated rings. The number of anilines is 1. The van der Waals surface area contributed by atoms with Gasteiger partial charge in [0.05, 0.1) is 5.41 Å². The zero-order chi connectivity index (χ0) is 15.4. The van der Waals surface area contributed by atoms with Crippen LogP contribution in [0.4, 0.5) is 5.82 Å². The lowest BCUT2D eigenvalue weighted by Gasteiger charge is -2.36. The topological polar surface area (TPSA) is 51.2 Å². The minimum Gasteiger partial charge on any atom is -0.381 e. The fraction of sp³-hybridized carbons (Fsp3) is 0.333. The summed E-state index contributed by atoms with van der Waals surface area (Å²) in [5.74, 6) is 0.593. The highest BCUT2D eigenvalue weighted by molar-refractivity contribution is 5.98. The summed E-state index contributed by atoms with van der Waals surface area (Å²) in [7, 11) is 0. The van der Waals surface area contributed by atoms with E-state index in [0.29, 0.717) is 31.9 Å². The number of nitrogens with zero attached hydrogens (tertiary/aromatic N) is 1. The fourth-order valence-corrected chi connectivity index (χ4v) is 2.90. The minimum absolute atomic E-state index is 0.00152. The molecule has 0 atom stereocenters. The van der Waals surface area contributed by atoms with E-state index in [1.165, 1.54) is 0 Å². The Hall–Kier alpha value is -2.20. The molecule has 1 N–H and O–H groups in total. The Labute approximate surface area is 130 Å². The van der Waals surface area contributed by atoms with Crippen molar-refractivity contribution in [2.75, 3.05) is 18.5 Å². The van der Waals surface area contributed by atoms with Gasteiger partial charge in [0.2, 0.25) is 5.91 Å². The summed E-state index contributed by atoms with van der Waals surface area (Å²) in [6.07, 6.45) is 3.14. The molecule has 4 heteroatoms. The van der Waals surface area contributed by atoms with E-state index in [2.05, 4.69) is 10.3 Å². The highest BCUT2D eigenvalue weighted by Gasteiger charge is 2.41. The average Bonchev–Trinajstić information content (AvgIpc) is 2.58. The third-order valence-corrected chi connectivity index (χ3v) is 4.26. The molecule has 0 unspecified atom stereocenters. The number of pyridine rings is 1. The number of aromatic nitrogens is 1. The molecule has 1 aromatic carbocycles. The number of carbonyl (C=O) groups is 1. The first-order chi connectivity index (χ1) is 10.7. The maximum absolute atomic E-state index is 13.0. The zero-order valence-corrected chi connectivity index (χ0v) is 12.7. The molecule has 1 saturated heterocycles. The molecule has 114 valence electrons. The predicted molar refractivity (Wildman–Crippen MR) is 85.8 cm³/mol. The van der Waals surface area contributed by atoms with Crippen molar-refractivity contribution in [3.05, 3.63) is 59.8 Å². The number of carbonyl (C=O) groups excluding carboxylic acids is 1. The van der Waals surface area contributed by atoms with Crippen molar-refractivity contribution in [3.63, 3.8) is 0 Å². The Morgan fingerprint density at radius 2 is 1.86 bits per heavy atom. The van der Waals surface area contributed by atoms with Crippen molar-refractivity contribution >= 4 is 11.7 Å². The average molecular weight is 296 g/mol. The first-order valence-corrected chi connectivity index (χ1v) is 7.58. The molecule has 0 aliphatic carbocycles. The van der Waals surface area contributed by atoms with Gasteiger partial charge in [-0.25, -0.2) is 4.98 Å². The molecule has 1 aromatic heterocycles. The molecular weight excluding hydrogens is 276 g/mol. The monoisotopic (exact) mass is 296 g/mol. The highest BCUT2D eigenvalue weighted by Crippen LogP contribution is 2.35. The molecule has 1 amide bonds. The number of hydrogen-bond donors (Lipinski definition) is 1. The number of amides is 1. The van der Waals surface area contributed by atoms with Crippen LogP contribution in [0, 0.1) is 6.92 Å². The molecule has 0 bridgehead atoms. The molecule has 4 nitrogen and oxygen atoms in total. The summed E-state index contributed by atoms with van der Waals surface area (Å²) in [5.41, 5.74) is 1.58. The predicted octanol–water partition coefficient (Wildman–Crippen LogP) is 3.08. The summed E-state index contributed by atoms with van der Waals surface area (Å²) in [4.78, 5) is 17.2. The standard InChI is InChI=1S/C18H20N2O2/c1-14-7-8-16(19-13-14)20-17(21)18(9-11-22-12-10-18)15-5-3-2-4-6-15/h2-8,13H,9-12H2,1H3,(H,19,20,21). The lowest BCUT2D eigenvalue weighted by atomic mass is 9.73. The van der Waals surface area contributed by atoms with Crippen LogP contribution in [-0.2, 0) is 14.9 Å². The van der Waals surface area contributed by atoms with Crippen LogP contribution >= 0.6 is 0 Å². The van der Waals surface area contributed by atoms with Gasteiger partial charge in [0.15, 0.2) is 0 Å². The number of aryl methyl sites for hydroxylation is 1. The van der Waals surface area contributed by atoms with Gasteiger partial charge in [-0.05, 0) is 37.0 Å². The van der Waals surface area contributed by atoms with E-state index in [-0.39, 0.29) is 5.91 Å². The summed E-state index contributed by atoms with van der Waals surface area (Å²) in [6.45, 7) is 3.18. The molecule has 2 aromatic rings.